The van der Waals surface area contributed by atoms with Crippen LogP contribution >= 0.6 is 22.9 Å². The molecule has 0 aliphatic heterocycles. The van der Waals surface area contributed by atoms with Crippen LogP contribution < -0.4 is 5.32 Å². The van der Waals surface area contributed by atoms with E-state index in [0.29, 0.717) is 16.4 Å². The first-order valence-electron chi connectivity index (χ1n) is 6.71. The Bertz CT molecular complexity index is 804. The van der Waals surface area contributed by atoms with Crippen LogP contribution in [0.5, 0.6) is 0 Å². The lowest BCUT2D eigenvalue weighted by Crippen LogP contribution is -2.18. The smallest absolute Gasteiger partial charge is 0.272 e. The average molecular weight is 319 g/mol. The minimum atomic E-state index is -0.116. The van der Waals surface area contributed by atoms with Crippen molar-refractivity contribution in [2.45, 2.75) is 19.9 Å². The number of amides is 1. The third-order valence-electron chi connectivity index (χ3n) is 3.29. The van der Waals surface area contributed by atoms with E-state index in [1.54, 1.807) is 23.5 Å². The molecule has 108 valence electrons. The SMILES string of the molecule is CC(C)n1c(C(=O)Nc2cccc(Cl)c2)cc2sccc21. The molecule has 2 aromatic heterocycles. The number of rotatable bonds is 3. The van der Waals surface area contributed by atoms with Crippen LogP contribution in [0, 0.1) is 0 Å². The van der Waals surface area contributed by atoms with Gasteiger partial charge in [-0.3, -0.25) is 4.79 Å². The third-order valence-corrected chi connectivity index (χ3v) is 4.38. The number of hydrogen-bond donors (Lipinski definition) is 1. The first kappa shape index (κ1) is 14.2. The number of aromatic nitrogens is 1. The molecular formula is C16H15ClN2OS. The molecule has 2 heterocycles. The molecular weight excluding hydrogens is 304 g/mol. The van der Waals surface area contributed by atoms with E-state index in [2.05, 4.69) is 29.8 Å². The van der Waals surface area contributed by atoms with E-state index in [1.807, 2.05) is 23.6 Å². The monoisotopic (exact) mass is 318 g/mol. The fourth-order valence-corrected chi connectivity index (χ4v) is 3.44. The molecule has 0 saturated heterocycles. The number of halogens is 1. The maximum Gasteiger partial charge on any atom is 0.272 e. The van der Waals surface area contributed by atoms with Crippen molar-refractivity contribution in [1.29, 1.82) is 0 Å². The predicted molar refractivity (Wildman–Crippen MR) is 89.6 cm³/mol. The highest BCUT2D eigenvalue weighted by Gasteiger charge is 2.18. The predicted octanol–water partition coefficient (Wildman–Crippen LogP) is 5.19. The zero-order valence-electron chi connectivity index (χ0n) is 11.8. The number of benzene rings is 1. The average Bonchev–Trinajstić information content (AvgIpc) is 2.97. The van der Waals surface area contributed by atoms with Crippen molar-refractivity contribution < 1.29 is 4.79 Å². The van der Waals surface area contributed by atoms with Crippen LogP contribution in [0.4, 0.5) is 5.69 Å². The van der Waals surface area contributed by atoms with E-state index in [9.17, 15) is 4.79 Å². The number of fused-ring (bicyclic) bond motifs is 1. The number of carbonyl (C=O) groups is 1. The highest BCUT2D eigenvalue weighted by molar-refractivity contribution is 7.17. The molecule has 3 nitrogen and oxygen atoms in total. The Hall–Kier alpha value is -1.78. The van der Waals surface area contributed by atoms with Gasteiger partial charge in [-0.05, 0) is 49.6 Å². The van der Waals surface area contributed by atoms with Gasteiger partial charge in [-0.25, -0.2) is 0 Å². The van der Waals surface area contributed by atoms with Gasteiger partial charge in [0.25, 0.3) is 5.91 Å². The second-order valence-electron chi connectivity index (χ2n) is 5.13. The molecule has 0 saturated carbocycles. The zero-order chi connectivity index (χ0) is 15.0. The number of nitrogens with zero attached hydrogens (tertiary/aromatic N) is 1. The molecule has 1 N–H and O–H groups in total. The molecule has 0 fully saturated rings. The summed E-state index contributed by atoms with van der Waals surface area (Å²) in [7, 11) is 0. The van der Waals surface area contributed by atoms with Gasteiger partial charge < -0.3 is 9.88 Å². The Morgan fingerprint density at radius 1 is 1.29 bits per heavy atom. The maximum atomic E-state index is 12.5. The van der Waals surface area contributed by atoms with Crippen molar-refractivity contribution in [2.75, 3.05) is 5.32 Å². The Morgan fingerprint density at radius 3 is 2.81 bits per heavy atom. The lowest BCUT2D eigenvalue weighted by atomic mass is 10.3. The standard InChI is InChI=1S/C16H15ClN2OS/c1-10(2)19-13-6-7-21-15(13)9-14(19)16(20)18-12-5-3-4-11(17)8-12/h3-10H,1-2H3,(H,18,20). The lowest BCUT2D eigenvalue weighted by molar-refractivity contribution is 0.101. The van der Waals surface area contributed by atoms with E-state index in [0.717, 1.165) is 10.2 Å². The molecule has 0 unspecified atom stereocenters. The topological polar surface area (TPSA) is 34.0 Å². The van der Waals surface area contributed by atoms with Crippen molar-refractivity contribution in [3.63, 3.8) is 0 Å². The van der Waals surface area contributed by atoms with Crippen molar-refractivity contribution in [2.24, 2.45) is 0 Å². The molecule has 21 heavy (non-hydrogen) atoms. The summed E-state index contributed by atoms with van der Waals surface area (Å²) in [5, 5.41) is 5.55. The van der Waals surface area contributed by atoms with E-state index >= 15 is 0 Å². The largest absolute Gasteiger partial charge is 0.333 e. The van der Waals surface area contributed by atoms with Crippen molar-refractivity contribution in [3.8, 4) is 0 Å². The summed E-state index contributed by atoms with van der Waals surface area (Å²) >= 11 is 7.59. The number of nitrogens with one attached hydrogen (secondary N) is 1. The Labute approximate surface area is 132 Å². The Morgan fingerprint density at radius 2 is 2.10 bits per heavy atom. The van der Waals surface area contributed by atoms with Gasteiger partial charge in [-0.2, -0.15) is 0 Å². The van der Waals surface area contributed by atoms with Gasteiger partial charge >= 0.3 is 0 Å². The molecule has 1 amide bonds. The molecule has 5 heteroatoms. The molecule has 0 atom stereocenters. The summed E-state index contributed by atoms with van der Waals surface area (Å²) < 4.78 is 3.19. The summed E-state index contributed by atoms with van der Waals surface area (Å²) in [6, 6.07) is 11.4. The minimum absolute atomic E-state index is 0.116. The summed E-state index contributed by atoms with van der Waals surface area (Å²) in [6.07, 6.45) is 0. The fraction of sp³-hybridized carbons (Fsp3) is 0.188. The molecule has 0 aliphatic carbocycles. The quantitative estimate of drug-likeness (QED) is 0.708. The van der Waals surface area contributed by atoms with Crippen LogP contribution in [0.2, 0.25) is 5.02 Å². The maximum absolute atomic E-state index is 12.5. The van der Waals surface area contributed by atoms with E-state index in [4.69, 9.17) is 11.6 Å². The summed E-state index contributed by atoms with van der Waals surface area (Å²) in [4.78, 5) is 12.5. The summed E-state index contributed by atoms with van der Waals surface area (Å²) in [5.74, 6) is -0.116. The van der Waals surface area contributed by atoms with Crippen molar-refractivity contribution >= 4 is 44.7 Å². The van der Waals surface area contributed by atoms with Crippen LogP contribution in [-0.2, 0) is 0 Å². The minimum Gasteiger partial charge on any atom is -0.333 e. The van der Waals surface area contributed by atoms with Crippen molar-refractivity contribution in [3.05, 3.63) is 52.5 Å². The first-order valence-corrected chi connectivity index (χ1v) is 7.97. The van der Waals surface area contributed by atoms with Crippen LogP contribution in [-0.4, -0.2) is 10.5 Å². The third kappa shape index (κ3) is 2.69. The second kappa shape index (κ2) is 5.54. The molecule has 0 spiro atoms. The highest BCUT2D eigenvalue weighted by Crippen LogP contribution is 2.29. The van der Waals surface area contributed by atoms with Crippen molar-refractivity contribution in [1.82, 2.24) is 4.57 Å². The summed E-state index contributed by atoms with van der Waals surface area (Å²) in [6.45, 7) is 4.15. The van der Waals surface area contributed by atoms with Gasteiger partial charge in [0.15, 0.2) is 0 Å². The van der Waals surface area contributed by atoms with Crippen LogP contribution in [0.15, 0.2) is 41.8 Å². The van der Waals surface area contributed by atoms with Gasteiger partial charge in [0.05, 0.1) is 10.2 Å². The fourth-order valence-electron chi connectivity index (χ4n) is 2.44. The van der Waals surface area contributed by atoms with E-state index < -0.39 is 0 Å². The number of carbonyl (C=O) groups excluding carboxylic acids is 1. The number of thiophene rings is 1. The lowest BCUT2D eigenvalue weighted by Gasteiger charge is -2.14. The van der Waals surface area contributed by atoms with E-state index in [-0.39, 0.29) is 11.9 Å². The number of anilines is 1. The van der Waals surface area contributed by atoms with Gasteiger partial charge in [-0.15, -0.1) is 11.3 Å². The second-order valence-corrected chi connectivity index (χ2v) is 6.51. The van der Waals surface area contributed by atoms with E-state index in [1.165, 1.54) is 0 Å². The summed E-state index contributed by atoms with van der Waals surface area (Å²) in [5.41, 5.74) is 2.48. The van der Waals surface area contributed by atoms with Gasteiger partial charge in [0, 0.05) is 16.8 Å². The Balaban J connectivity index is 1.97. The first-order chi connectivity index (χ1) is 10.1. The molecule has 1 aromatic carbocycles. The zero-order valence-corrected chi connectivity index (χ0v) is 13.3. The Kier molecular flexibility index (Phi) is 3.74. The molecule has 0 aliphatic rings. The van der Waals surface area contributed by atoms with Crippen LogP contribution in [0.1, 0.15) is 30.4 Å². The molecule has 3 rings (SSSR count). The molecule has 0 bridgehead atoms. The molecule has 0 radical (unpaired) electrons. The van der Waals surface area contributed by atoms with Crippen LogP contribution in [0.3, 0.4) is 0 Å². The highest BCUT2D eigenvalue weighted by atomic mass is 35.5. The van der Waals surface area contributed by atoms with Crippen LogP contribution in [0.25, 0.3) is 10.2 Å². The molecule has 3 aromatic rings. The van der Waals surface area contributed by atoms with Gasteiger partial charge in [0.2, 0.25) is 0 Å². The normalized spacial score (nSPS) is 11.2. The number of hydrogen-bond acceptors (Lipinski definition) is 2. The van der Waals surface area contributed by atoms with Gasteiger partial charge in [-0.1, -0.05) is 17.7 Å². The van der Waals surface area contributed by atoms with Gasteiger partial charge in [0.1, 0.15) is 5.69 Å².